The molecule has 78 valence electrons. The van der Waals surface area contributed by atoms with E-state index in [1.54, 1.807) is 0 Å². The van der Waals surface area contributed by atoms with Crippen molar-refractivity contribution in [1.29, 1.82) is 0 Å². The third-order valence-electron chi connectivity index (χ3n) is 2.49. The highest BCUT2D eigenvalue weighted by molar-refractivity contribution is 5.02. The molecule has 0 bridgehead atoms. The van der Waals surface area contributed by atoms with Crippen LogP contribution < -0.4 is 5.32 Å². The summed E-state index contributed by atoms with van der Waals surface area (Å²) in [6, 6.07) is 0. The smallest absolute Gasteiger partial charge is 0.108 e. The van der Waals surface area contributed by atoms with Gasteiger partial charge in [-0.05, 0) is 6.42 Å². The number of nitrogens with zero attached hydrogens (tertiary/aromatic N) is 1. The van der Waals surface area contributed by atoms with E-state index in [4.69, 9.17) is 4.74 Å². The van der Waals surface area contributed by atoms with E-state index in [-0.39, 0.29) is 6.10 Å². The van der Waals surface area contributed by atoms with Crippen LogP contribution in [0.3, 0.4) is 0 Å². The van der Waals surface area contributed by atoms with Gasteiger partial charge in [0.2, 0.25) is 0 Å². The molecule has 4 nitrogen and oxygen atoms in total. The average molecular weight is 195 g/mol. The molecule has 1 aliphatic rings. The van der Waals surface area contributed by atoms with Gasteiger partial charge in [-0.2, -0.15) is 0 Å². The van der Waals surface area contributed by atoms with E-state index >= 15 is 0 Å². The second kappa shape index (κ2) is 4.57. The minimum atomic E-state index is 0.277. The summed E-state index contributed by atoms with van der Waals surface area (Å²) in [5.41, 5.74) is 1.20. The van der Waals surface area contributed by atoms with Crippen molar-refractivity contribution in [3.8, 4) is 0 Å². The maximum atomic E-state index is 5.60. The first-order valence-electron chi connectivity index (χ1n) is 5.23. The molecule has 1 unspecified atom stereocenters. The van der Waals surface area contributed by atoms with E-state index < -0.39 is 0 Å². The van der Waals surface area contributed by atoms with Gasteiger partial charge in [0.1, 0.15) is 5.82 Å². The highest BCUT2D eigenvalue weighted by Gasteiger charge is 2.15. The molecule has 14 heavy (non-hydrogen) atoms. The summed E-state index contributed by atoms with van der Waals surface area (Å²) < 4.78 is 5.60. The van der Waals surface area contributed by atoms with Crippen molar-refractivity contribution in [3.63, 3.8) is 0 Å². The zero-order chi connectivity index (χ0) is 9.80. The Morgan fingerprint density at radius 3 is 3.21 bits per heavy atom. The second-order valence-corrected chi connectivity index (χ2v) is 3.61. The molecule has 2 N–H and O–H groups in total. The molecule has 1 saturated heterocycles. The summed E-state index contributed by atoms with van der Waals surface area (Å²) in [6.07, 6.45) is 4.08. The second-order valence-electron chi connectivity index (χ2n) is 3.61. The van der Waals surface area contributed by atoms with Gasteiger partial charge in [-0.15, -0.1) is 0 Å². The fraction of sp³-hybridized carbons (Fsp3) is 0.700. The first kappa shape index (κ1) is 9.68. The van der Waals surface area contributed by atoms with Crippen LogP contribution in [0.4, 0.5) is 0 Å². The van der Waals surface area contributed by atoms with E-state index in [0.29, 0.717) is 0 Å². The molecule has 2 rings (SSSR count). The number of rotatable bonds is 3. The lowest BCUT2D eigenvalue weighted by Crippen LogP contribution is -2.39. The van der Waals surface area contributed by atoms with Crippen LogP contribution in [-0.4, -0.2) is 35.8 Å². The SMILES string of the molecule is CCc1cnc(CC2CNCCO2)[nH]1. The summed E-state index contributed by atoms with van der Waals surface area (Å²) in [5, 5.41) is 3.31. The van der Waals surface area contributed by atoms with Gasteiger partial charge in [0, 0.05) is 31.4 Å². The normalized spacial score (nSPS) is 22.5. The van der Waals surface area contributed by atoms with E-state index in [9.17, 15) is 0 Å². The molecule has 1 aromatic heterocycles. The highest BCUT2D eigenvalue weighted by atomic mass is 16.5. The van der Waals surface area contributed by atoms with Gasteiger partial charge in [-0.25, -0.2) is 4.98 Å². The zero-order valence-corrected chi connectivity index (χ0v) is 8.55. The van der Waals surface area contributed by atoms with E-state index in [1.807, 2.05) is 6.20 Å². The Labute approximate surface area is 84.1 Å². The molecule has 1 fully saturated rings. The molecule has 1 atom stereocenters. The number of morpholine rings is 1. The monoisotopic (exact) mass is 195 g/mol. The van der Waals surface area contributed by atoms with Crippen molar-refractivity contribution in [2.45, 2.75) is 25.9 Å². The Hall–Kier alpha value is -0.870. The minimum absolute atomic E-state index is 0.277. The van der Waals surface area contributed by atoms with Crippen molar-refractivity contribution in [2.75, 3.05) is 19.7 Å². The Morgan fingerprint density at radius 2 is 2.57 bits per heavy atom. The number of hydrogen-bond acceptors (Lipinski definition) is 3. The number of aromatic amines is 1. The number of aryl methyl sites for hydroxylation is 1. The van der Waals surface area contributed by atoms with Crippen LogP contribution in [0, 0.1) is 0 Å². The molecule has 0 amide bonds. The molecule has 0 aliphatic carbocycles. The lowest BCUT2D eigenvalue weighted by molar-refractivity contribution is 0.0281. The van der Waals surface area contributed by atoms with Crippen LogP contribution in [0.15, 0.2) is 6.20 Å². The topological polar surface area (TPSA) is 49.9 Å². The maximum Gasteiger partial charge on any atom is 0.108 e. The van der Waals surface area contributed by atoms with Crippen molar-refractivity contribution in [3.05, 3.63) is 17.7 Å². The molecular formula is C10H17N3O. The van der Waals surface area contributed by atoms with E-state index in [2.05, 4.69) is 22.2 Å². The Balaban J connectivity index is 1.89. The number of ether oxygens (including phenoxy) is 1. The Kier molecular flexibility index (Phi) is 3.16. The number of H-pyrrole nitrogens is 1. The molecule has 0 aromatic carbocycles. The van der Waals surface area contributed by atoms with Gasteiger partial charge in [-0.3, -0.25) is 0 Å². The zero-order valence-electron chi connectivity index (χ0n) is 8.55. The summed E-state index contributed by atoms with van der Waals surface area (Å²) in [4.78, 5) is 7.61. The summed E-state index contributed by atoms with van der Waals surface area (Å²) in [5.74, 6) is 1.04. The van der Waals surface area contributed by atoms with Gasteiger partial charge >= 0.3 is 0 Å². The van der Waals surface area contributed by atoms with Crippen LogP contribution in [0.5, 0.6) is 0 Å². The summed E-state index contributed by atoms with van der Waals surface area (Å²) >= 11 is 0. The standard InChI is InChI=1S/C10H17N3O/c1-2-8-6-12-10(13-8)5-9-7-11-3-4-14-9/h6,9,11H,2-5,7H2,1H3,(H,12,13). The number of hydrogen-bond donors (Lipinski definition) is 2. The minimum Gasteiger partial charge on any atom is -0.375 e. The van der Waals surface area contributed by atoms with E-state index in [1.165, 1.54) is 5.69 Å². The number of nitrogens with one attached hydrogen (secondary N) is 2. The summed E-state index contributed by atoms with van der Waals surface area (Å²) in [6.45, 7) is 4.83. The lowest BCUT2D eigenvalue weighted by Gasteiger charge is -2.22. The van der Waals surface area contributed by atoms with E-state index in [0.717, 1.165) is 38.4 Å². The molecule has 0 spiro atoms. The van der Waals surface area contributed by atoms with Crippen LogP contribution in [0.2, 0.25) is 0 Å². The number of aromatic nitrogens is 2. The van der Waals surface area contributed by atoms with Crippen LogP contribution in [-0.2, 0) is 17.6 Å². The molecule has 4 heteroatoms. The van der Waals surface area contributed by atoms with Crippen molar-refractivity contribution >= 4 is 0 Å². The predicted molar refractivity (Wildman–Crippen MR) is 54.3 cm³/mol. The third kappa shape index (κ3) is 2.33. The lowest BCUT2D eigenvalue weighted by atomic mass is 10.2. The van der Waals surface area contributed by atoms with Crippen LogP contribution in [0.25, 0.3) is 0 Å². The number of imidazole rings is 1. The van der Waals surface area contributed by atoms with Gasteiger partial charge in [-0.1, -0.05) is 6.92 Å². The average Bonchev–Trinajstić information content (AvgIpc) is 2.67. The highest BCUT2D eigenvalue weighted by Crippen LogP contribution is 2.05. The third-order valence-corrected chi connectivity index (χ3v) is 2.49. The fourth-order valence-corrected chi connectivity index (χ4v) is 1.66. The molecule has 1 aliphatic heterocycles. The molecule has 1 aromatic rings. The van der Waals surface area contributed by atoms with Gasteiger partial charge < -0.3 is 15.0 Å². The molecular weight excluding hydrogens is 178 g/mol. The molecule has 0 saturated carbocycles. The van der Waals surface area contributed by atoms with Gasteiger partial charge in [0.15, 0.2) is 0 Å². The largest absolute Gasteiger partial charge is 0.375 e. The summed E-state index contributed by atoms with van der Waals surface area (Å²) in [7, 11) is 0. The predicted octanol–water partition coefficient (Wildman–Crippen LogP) is 0.503. The maximum absolute atomic E-state index is 5.60. The van der Waals surface area contributed by atoms with Gasteiger partial charge in [0.05, 0.1) is 12.7 Å². The molecule has 0 radical (unpaired) electrons. The molecule has 2 heterocycles. The Bertz CT molecular complexity index is 279. The quantitative estimate of drug-likeness (QED) is 0.738. The first-order valence-corrected chi connectivity index (χ1v) is 5.23. The fourth-order valence-electron chi connectivity index (χ4n) is 1.66. The van der Waals surface area contributed by atoms with Crippen molar-refractivity contribution in [1.82, 2.24) is 15.3 Å². The van der Waals surface area contributed by atoms with Crippen LogP contribution >= 0.6 is 0 Å². The first-order chi connectivity index (χ1) is 6.88. The van der Waals surface area contributed by atoms with Crippen LogP contribution in [0.1, 0.15) is 18.4 Å². The van der Waals surface area contributed by atoms with Crippen molar-refractivity contribution < 1.29 is 4.74 Å². The van der Waals surface area contributed by atoms with Crippen molar-refractivity contribution in [2.24, 2.45) is 0 Å². The van der Waals surface area contributed by atoms with Gasteiger partial charge in [0.25, 0.3) is 0 Å². The Morgan fingerprint density at radius 1 is 1.64 bits per heavy atom.